The van der Waals surface area contributed by atoms with Crippen molar-refractivity contribution in [1.29, 1.82) is 0 Å². The first-order valence-corrected chi connectivity index (χ1v) is 13.2. The van der Waals surface area contributed by atoms with E-state index in [0.717, 1.165) is 38.7 Å². The van der Waals surface area contributed by atoms with Crippen LogP contribution in [0.2, 0.25) is 0 Å². The fraction of sp³-hybridized carbons (Fsp3) is 0.143. The van der Waals surface area contributed by atoms with E-state index in [2.05, 4.69) is 72.8 Å². The summed E-state index contributed by atoms with van der Waals surface area (Å²) in [6, 6.07) is 29.1. The van der Waals surface area contributed by atoms with Gasteiger partial charge in [-0.25, -0.2) is 0 Å². The second kappa shape index (κ2) is 11.0. The van der Waals surface area contributed by atoms with Crippen LogP contribution in [-0.4, -0.2) is 9.85 Å². The third-order valence-electron chi connectivity index (χ3n) is 6.23. The number of hydrogen-bond donors (Lipinski definition) is 0. The number of nitro benzene ring substituents is 2. The molecule has 0 radical (unpaired) electrons. The van der Waals surface area contributed by atoms with Gasteiger partial charge in [0.05, 0.1) is 22.1 Å². The molecule has 0 spiro atoms. The predicted molar refractivity (Wildman–Crippen MR) is 143 cm³/mol. The van der Waals surface area contributed by atoms with Gasteiger partial charge >= 0.3 is 0 Å². The highest BCUT2D eigenvalue weighted by atomic mass is 35.5. The van der Waals surface area contributed by atoms with Crippen molar-refractivity contribution in [2.45, 2.75) is 26.9 Å². The predicted octanol–water partition coefficient (Wildman–Crippen LogP) is 2.93. The van der Waals surface area contributed by atoms with Crippen LogP contribution >= 0.6 is 7.26 Å². The standard InChI is InChI=1S/C28H26N2O4P.ClH/c1-20-4-10-26(11-5-20)35(27-12-6-21(2)7-13-27,28-14-8-22(3)9-15-28)19-23-16-24(29(31)32)18-25(17-23)30(33)34;/h4-18H,19H2,1-3H3;1H/q+1;/p-1. The molecule has 184 valence electrons. The zero-order chi connectivity index (χ0) is 25.2. The third-order valence-corrected chi connectivity index (χ3v) is 10.6. The van der Waals surface area contributed by atoms with Crippen LogP contribution in [0.4, 0.5) is 11.4 Å². The Kier molecular flexibility index (Phi) is 8.24. The number of non-ortho nitro benzene ring substituents is 2. The molecule has 0 saturated heterocycles. The van der Waals surface area contributed by atoms with Crippen molar-refractivity contribution in [1.82, 2.24) is 0 Å². The van der Waals surface area contributed by atoms with E-state index in [1.807, 2.05) is 20.8 Å². The van der Waals surface area contributed by atoms with E-state index in [0.29, 0.717) is 11.7 Å². The molecule has 0 N–H and O–H groups in total. The highest BCUT2D eigenvalue weighted by Gasteiger charge is 2.46. The maximum atomic E-state index is 11.6. The Morgan fingerprint density at radius 3 is 1.17 bits per heavy atom. The molecule has 8 heteroatoms. The largest absolute Gasteiger partial charge is 1.00 e. The SMILES string of the molecule is Cc1ccc([P+](Cc2cc([N+](=O)[O-])cc([N+](=O)[O-])c2)(c2ccc(C)cc2)c2ccc(C)cc2)cc1.[Cl-]. The minimum Gasteiger partial charge on any atom is -1.00 e. The summed E-state index contributed by atoms with van der Waals surface area (Å²) in [4.78, 5) is 22.1. The van der Waals surface area contributed by atoms with Gasteiger partial charge in [-0.2, -0.15) is 0 Å². The first-order valence-electron chi connectivity index (χ1n) is 11.2. The Bertz CT molecular complexity index is 1250. The first kappa shape index (κ1) is 27.0. The Labute approximate surface area is 217 Å². The van der Waals surface area contributed by atoms with Crippen molar-refractivity contribution >= 4 is 34.6 Å². The summed E-state index contributed by atoms with van der Waals surface area (Å²) in [7, 11) is -2.38. The molecular weight excluding hydrogens is 495 g/mol. The summed E-state index contributed by atoms with van der Waals surface area (Å²) in [6.07, 6.45) is 0.421. The zero-order valence-corrected chi connectivity index (χ0v) is 21.9. The smallest absolute Gasteiger partial charge is 0.276 e. The van der Waals surface area contributed by atoms with Crippen LogP contribution in [0, 0.1) is 41.0 Å². The Morgan fingerprint density at radius 2 is 0.889 bits per heavy atom. The second-order valence-corrected chi connectivity index (χ2v) is 12.3. The van der Waals surface area contributed by atoms with Crippen LogP contribution in [-0.2, 0) is 6.16 Å². The lowest BCUT2D eigenvalue weighted by molar-refractivity contribution is -0.394. The molecule has 0 bridgehead atoms. The monoisotopic (exact) mass is 520 g/mol. The number of aryl methyl sites for hydroxylation is 3. The van der Waals surface area contributed by atoms with Gasteiger partial charge in [-0.3, -0.25) is 20.2 Å². The van der Waals surface area contributed by atoms with Gasteiger partial charge in [-0.1, -0.05) is 53.1 Å². The topological polar surface area (TPSA) is 86.3 Å². The van der Waals surface area contributed by atoms with E-state index in [1.165, 1.54) is 12.1 Å². The number of benzene rings is 4. The van der Waals surface area contributed by atoms with E-state index in [4.69, 9.17) is 0 Å². The van der Waals surface area contributed by atoms with Crippen molar-refractivity contribution in [2.24, 2.45) is 0 Å². The third kappa shape index (κ3) is 5.46. The molecule has 4 aromatic carbocycles. The van der Waals surface area contributed by atoms with Gasteiger partial charge in [0.1, 0.15) is 23.2 Å². The zero-order valence-electron chi connectivity index (χ0n) is 20.2. The van der Waals surface area contributed by atoms with Gasteiger partial charge in [-0.15, -0.1) is 0 Å². The Morgan fingerprint density at radius 1 is 0.583 bits per heavy atom. The van der Waals surface area contributed by atoms with E-state index < -0.39 is 17.1 Å². The molecule has 0 atom stereocenters. The average Bonchev–Trinajstić information content (AvgIpc) is 2.84. The van der Waals surface area contributed by atoms with E-state index >= 15 is 0 Å². The van der Waals surface area contributed by atoms with E-state index in [-0.39, 0.29) is 23.8 Å². The lowest BCUT2D eigenvalue weighted by atomic mass is 10.2. The van der Waals surface area contributed by atoms with Crippen LogP contribution in [0.1, 0.15) is 22.3 Å². The maximum Gasteiger partial charge on any atom is 0.276 e. The van der Waals surface area contributed by atoms with Crippen LogP contribution in [0.15, 0.2) is 91.0 Å². The van der Waals surface area contributed by atoms with Crippen molar-refractivity contribution in [2.75, 3.05) is 0 Å². The van der Waals surface area contributed by atoms with Crippen LogP contribution in [0.25, 0.3) is 0 Å². The first-order chi connectivity index (χ1) is 16.7. The normalized spacial score (nSPS) is 11.0. The average molecular weight is 521 g/mol. The van der Waals surface area contributed by atoms with Gasteiger partial charge in [0, 0.05) is 17.7 Å². The molecule has 0 aliphatic heterocycles. The summed E-state index contributed by atoms with van der Waals surface area (Å²) in [5, 5.41) is 26.6. The lowest BCUT2D eigenvalue weighted by Crippen LogP contribution is -3.00. The van der Waals surface area contributed by atoms with E-state index in [9.17, 15) is 20.2 Å². The van der Waals surface area contributed by atoms with Crippen molar-refractivity contribution in [3.05, 3.63) is 133 Å². The van der Waals surface area contributed by atoms with Crippen molar-refractivity contribution in [3.63, 3.8) is 0 Å². The summed E-state index contributed by atoms with van der Waals surface area (Å²) in [6.45, 7) is 6.10. The van der Waals surface area contributed by atoms with Crippen molar-refractivity contribution in [3.8, 4) is 0 Å². The van der Waals surface area contributed by atoms with Gasteiger partial charge in [0.2, 0.25) is 0 Å². The fourth-order valence-electron chi connectivity index (χ4n) is 4.35. The highest BCUT2D eigenvalue weighted by molar-refractivity contribution is 7.95. The number of rotatable bonds is 7. The summed E-state index contributed by atoms with van der Waals surface area (Å²) >= 11 is 0. The molecule has 0 aromatic heterocycles. The molecule has 0 unspecified atom stereocenters. The van der Waals surface area contributed by atoms with Crippen LogP contribution in [0.3, 0.4) is 0 Å². The molecule has 0 aliphatic rings. The molecule has 0 heterocycles. The molecule has 0 fully saturated rings. The molecular formula is C28H26ClN2O4P. The second-order valence-electron chi connectivity index (χ2n) is 8.85. The summed E-state index contributed by atoms with van der Waals surface area (Å²) in [5.41, 5.74) is 3.41. The van der Waals surface area contributed by atoms with Gasteiger partial charge in [-0.05, 0) is 57.2 Å². The molecule has 6 nitrogen and oxygen atoms in total. The lowest BCUT2D eigenvalue weighted by Gasteiger charge is -2.28. The number of halogens is 1. The molecule has 0 aliphatic carbocycles. The minimum absolute atomic E-state index is 0. The Hall–Kier alpha value is -3.60. The summed E-state index contributed by atoms with van der Waals surface area (Å²) < 4.78 is 0. The van der Waals surface area contributed by atoms with Gasteiger partial charge < -0.3 is 12.4 Å². The molecule has 4 aromatic rings. The quantitative estimate of drug-likeness (QED) is 0.213. The molecule has 36 heavy (non-hydrogen) atoms. The number of nitro groups is 2. The van der Waals surface area contributed by atoms with Gasteiger partial charge in [0.15, 0.2) is 0 Å². The Balaban J connectivity index is 0.00000361. The molecule has 0 amide bonds. The summed E-state index contributed by atoms with van der Waals surface area (Å²) in [5.74, 6) is 0. The molecule has 0 saturated carbocycles. The maximum absolute atomic E-state index is 11.6. The van der Waals surface area contributed by atoms with Crippen LogP contribution < -0.4 is 28.3 Å². The highest BCUT2D eigenvalue weighted by Crippen LogP contribution is 2.58. The van der Waals surface area contributed by atoms with Crippen molar-refractivity contribution < 1.29 is 22.3 Å². The fourth-order valence-corrected chi connectivity index (χ4v) is 8.50. The number of nitrogens with zero attached hydrogens (tertiary/aromatic N) is 2. The van der Waals surface area contributed by atoms with Crippen LogP contribution in [0.5, 0.6) is 0 Å². The molecule has 4 rings (SSSR count). The van der Waals surface area contributed by atoms with E-state index in [1.54, 1.807) is 0 Å². The number of hydrogen-bond acceptors (Lipinski definition) is 4. The van der Waals surface area contributed by atoms with Gasteiger partial charge in [0.25, 0.3) is 11.4 Å². The minimum atomic E-state index is -2.38.